The first-order chi connectivity index (χ1) is 12.0. The van der Waals surface area contributed by atoms with Crippen LogP contribution in [0.5, 0.6) is 0 Å². The molecular formula is C18H28N6S. The van der Waals surface area contributed by atoms with E-state index in [1.807, 2.05) is 18.5 Å². The molecule has 0 spiro atoms. The third kappa shape index (κ3) is 4.60. The first kappa shape index (κ1) is 17.9. The minimum absolute atomic E-state index is 0.545. The fraction of sp³-hybridized carbons (Fsp3) is 0.611. The maximum absolute atomic E-state index is 4.87. The lowest BCUT2D eigenvalue weighted by atomic mass is 9.92. The maximum atomic E-state index is 4.87. The van der Waals surface area contributed by atoms with E-state index in [1.54, 1.807) is 11.3 Å². The lowest BCUT2D eigenvalue weighted by Gasteiger charge is -2.37. The monoisotopic (exact) mass is 360 g/mol. The third-order valence-electron chi connectivity index (χ3n) is 4.72. The van der Waals surface area contributed by atoms with Gasteiger partial charge in [-0.25, -0.2) is 4.99 Å². The molecule has 1 N–H and O–H groups in total. The molecule has 136 valence electrons. The number of aryl methyl sites for hydroxylation is 1. The zero-order chi connectivity index (χ0) is 17.8. The zero-order valence-electron chi connectivity index (χ0n) is 15.6. The molecule has 25 heavy (non-hydrogen) atoms. The van der Waals surface area contributed by atoms with Crippen molar-refractivity contribution in [2.75, 3.05) is 13.1 Å². The Bertz CT molecular complexity index is 695. The van der Waals surface area contributed by atoms with Gasteiger partial charge in [-0.05, 0) is 36.6 Å². The molecule has 3 rings (SSSR count). The Labute approximate surface area is 154 Å². The lowest BCUT2D eigenvalue weighted by Crippen LogP contribution is -2.48. The molecule has 0 radical (unpaired) electrons. The summed E-state index contributed by atoms with van der Waals surface area (Å²) in [5, 5.41) is 14.0. The molecule has 0 bridgehead atoms. The van der Waals surface area contributed by atoms with Crippen LogP contribution < -0.4 is 5.32 Å². The molecule has 2 aromatic heterocycles. The van der Waals surface area contributed by atoms with Gasteiger partial charge in [-0.3, -0.25) is 0 Å². The Kier molecular flexibility index (Phi) is 5.73. The highest BCUT2D eigenvalue weighted by molar-refractivity contribution is 7.09. The second-order valence-electron chi connectivity index (χ2n) is 7.15. The molecule has 1 aliphatic heterocycles. The smallest absolute Gasteiger partial charge is 0.194 e. The Morgan fingerprint density at radius 2 is 2.08 bits per heavy atom. The molecule has 6 nitrogen and oxygen atoms in total. The van der Waals surface area contributed by atoms with Crippen molar-refractivity contribution in [2.45, 2.75) is 40.3 Å². The molecule has 2 atom stereocenters. The highest BCUT2D eigenvalue weighted by Crippen LogP contribution is 2.21. The molecule has 1 fully saturated rings. The standard InChI is InChI=1S/C18H28N6S/c1-13-8-14(2)12-24(11-13)18(19-9-16-6-5-7-25-16)20-10-17-22-21-15(3)23(17)4/h5-7,13-14H,8-12H2,1-4H3,(H,19,20). The highest BCUT2D eigenvalue weighted by atomic mass is 32.1. The van der Waals surface area contributed by atoms with Gasteiger partial charge in [0.15, 0.2) is 11.8 Å². The van der Waals surface area contributed by atoms with E-state index < -0.39 is 0 Å². The number of guanidine groups is 1. The Hall–Kier alpha value is -1.89. The first-order valence-corrected chi connectivity index (χ1v) is 9.81. The van der Waals surface area contributed by atoms with Gasteiger partial charge in [0.1, 0.15) is 12.4 Å². The van der Waals surface area contributed by atoms with Gasteiger partial charge in [0.05, 0.1) is 6.54 Å². The van der Waals surface area contributed by atoms with E-state index in [9.17, 15) is 0 Å². The number of aliphatic imine (C=N–C) groups is 1. The summed E-state index contributed by atoms with van der Waals surface area (Å²) in [5.74, 6) is 4.17. The predicted octanol–water partition coefficient (Wildman–Crippen LogP) is 2.81. The fourth-order valence-corrected chi connectivity index (χ4v) is 4.06. The van der Waals surface area contributed by atoms with Gasteiger partial charge in [-0.2, -0.15) is 0 Å². The van der Waals surface area contributed by atoms with Crippen molar-refractivity contribution < 1.29 is 0 Å². The van der Waals surface area contributed by atoms with E-state index in [2.05, 4.69) is 51.8 Å². The van der Waals surface area contributed by atoms with Crippen LogP contribution in [0.4, 0.5) is 0 Å². The minimum atomic E-state index is 0.545. The summed E-state index contributed by atoms with van der Waals surface area (Å²) >= 11 is 1.77. The van der Waals surface area contributed by atoms with Crippen molar-refractivity contribution in [3.8, 4) is 0 Å². The Morgan fingerprint density at radius 3 is 2.68 bits per heavy atom. The molecule has 0 saturated carbocycles. The number of thiophene rings is 1. The van der Waals surface area contributed by atoms with Gasteiger partial charge in [0.2, 0.25) is 0 Å². The third-order valence-corrected chi connectivity index (χ3v) is 5.60. The molecular weight excluding hydrogens is 332 g/mol. The maximum Gasteiger partial charge on any atom is 0.194 e. The lowest BCUT2D eigenvalue weighted by molar-refractivity contribution is 0.208. The highest BCUT2D eigenvalue weighted by Gasteiger charge is 2.24. The number of likely N-dealkylation sites (tertiary alicyclic amines) is 1. The van der Waals surface area contributed by atoms with Crippen LogP contribution in [0.3, 0.4) is 0 Å². The number of aromatic nitrogens is 3. The molecule has 0 amide bonds. The molecule has 1 saturated heterocycles. The van der Waals surface area contributed by atoms with Crippen LogP contribution >= 0.6 is 11.3 Å². The largest absolute Gasteiger partial charge is 0.351 e. The van der Waals surface area contributed by atoms with Gasteiger partial charge in [-0.1, -0.05) is 19.9 Å². The van der Waals surface area contributed by atoms with Crippen molar-refractivity contribution in [3.05, 3.63) is 34.0 Å². The molecule has 2 aromatic rings. The van der Waals surface area contributed by atoms with Crippen LogP contribution in [0.25, 0.3) is 0 Å². The molecule has 3 heterocycles. The second-order valence-corrected chi connectivity index (χ2v) is 8.18. The van der Waals surface area contributed by atoms with Gasteiger partial charge in [-0.15, -0.1) is 21.5 Å². The van der Waals surface area contributed by atoms with E-state index in [0.717, 1.165) is 37.2 Å². The average molecular weight is 361 g/mol. The van der Waals surface area contributed by atoms with Crippen molar-refractivity contribution in [3.63, 3.8) is 0 Å². The SMILES string of the molecule is Cc1nnc(CN=C(NCc2cccs2)N2CC(C)CC(C)C2)n1C. The molecule has 0 aromatic carbocycles. The van der Waals surface area contributed by atoms with E-state index in [4.69, 9.17) is 4.99 Å². The van der Waals surface area contributed by atoms with Crippen LogP contribution in [-0.2, 0) is 20.1 Å². The Balaban J connectivity index is 1.75. The minimum Gasteiger partial charge on any atom is -0.351 e. The average Bonchev–Trinajstić information content (AvgIpc) is 3.19. The van der Waals surface area contributed by atoms with Crippen LogP contribution in [0.1, 0.15) is 36.8 Å². The van der Waals surface area contributed by atoms with Gasteiger partial charge in [0.25, 0.3) is 0 Å². The number of hydrogen-bond acceptors (Lipinski definition) is 4. The topological polar surface area (TPSA) is 58.3 Å². The molecule has 2 unspecified atom stereocenters. The number of hydrogen-bond donors (Lipinski definition) is 1. The molecule has 0 aliphatic carbocycles. The quantitative estimate of drug-likeness (QED) is 0.673. The van der Waals surface area contributed by atoms with Crippen molar-refractivity contribution in [1.82, 2.24) is 25.0 Å². The summed E-state index contributed by atoms with van der Waals surface area (Å²) in [7, 11) is 1.99. The van der Waals surface area contributed by atoms with E-state index in [1.165, 1.54) is 11.3 Å². The van der Waals surface area contributed by atoms with E-state index in [-0.39, 0.29) is 0 Å². The summed E-state index contributed by atoms with van der Waals surface area (Å²) in [6.45, 7) is 10.1. The normalized spacial score (nSPS) is 21.6. The molecule has 1 aliphatic rings. The van der Waals surface area contributed by atoms with Crippen molar-refractivity contribution >= 4 is 17.3 Å². The number of nitrogens with one attached hydrogen (secondary N) is 1. The van der Waals surface area contributed by atoms with Gasteiger partial charge < -0.3 is 14.8 Å². The Morgan fingerprint density at radius 1 is 1.32 bits per heavy atom. The van der Waals surface area contributed by atoms with Crippen LogP contribution in [0, 0.1) is 18.8 Å². The summed E-state index contributed by atoms with van der Waals surface area (Å²) < 4.78 is 2.00. The summed E-state index contributed by atoms with van der Waals surface area (Å²) in [6, 6.07) is 4.24. The predicted molar refractivity (Wildman–Crippen MR) is 103 cm³/mol. The second kappa shape index (κ2) is 7.99. The number of rotatable bonds is 4. The summed E-state index contributed by atoms with van der Waals surface area (Å²) in [5.41, 5.74) is 0. The van der Waals surface area contributed by atoms with Crippen molar-refractivity contribution in [2.24, 2.45) is 23.9 Å². The van der Waals surface area contributed by atoms with Crippen LogP contribution in [0.15, 0.2) is 22.5 Å². The van der Waals surface area contributed by atoms with Crippen LogP contribution in [0.2, 0.25) is 0 Å². The first-order valence-electron chi connectivity index (χ1n) is 8.93. The summed E-state index contributed by atoms with van der Waals surface area (Å²) in [4.78, 5) is 8.59. The van der Waals surface area contributed by atoms with E-state index in [0.29, 0.717) is 18.4 Å². The number of piperidine rings is 1. The zero-order valence-corrected chi connectivity index (χ0v) is 16.4. The fourth-order valence-electron chi connectivity index (χ4n) is 3.42. The summed E-state index contributed by atoms with van der Waals surface area (Å²) in [6.07, 6.45) is 1.29. The molecule has 7 heteroatoms. The number of nitrogens with zero attached hydrogens (tertiary/aromatic N) is 5. The van der Waals surface area contributed by atoms with Gasteiger partial charge in [0, 0.05) is 25.0 Å². The van der Waals surface area contributed by atoms with E-state index >= 15 is 0 Å². The van der Waals surface area contributed by atoms with Crippen LogP contribution in [-0.4, -0.2) is 38.7 Å². The van der Waals surface area contributed by atoms with Gasteiger partial charge >= 0.3 is 0 Å². The van der Waals surface area contributed by atoms with Crippen molar-refractivity contribution in [1.29, 1.82) is 0 Å².